The van der Waals surface area contributed by atoms with Crippen LogP contribution in [0, 0.1) is 0 Å². The number of carbonyl (C=O) groups excluding carboxylic acids is 4. The summed E-state index contributed by atoms with van der Waals surface area (Å²) in [6.45, 7) is 0. The van der Waals surface area contributed by atoms with E-state index in [1.165, 1.54) is 0 Å². The number of carboxylic acid groups (broad SMARTS) is 1. The summed E-state index contributed by atoms with van der Waals surface area (Å²) in [6, 6.07) is 11.6. The van der Waals surface area contributed by atoms with Gasteiger partial charge in [0.05, 0.1) is 12.5 Å². The Morgan fingerprint density at radius 1 is 0.857 bits per heavy atom. The van der Waals surface area contributed by atoms with Crippen molar-refractivity contribution in [2.75, 3.05) is 12.0 Å². The largest absolute Gasteiger partial charge is 0.480 e. The lowest BCUT2D eigenvalue weighted by Crippen LogP contribution is -2.58. The summed E-state index contributed by atoms with van der Waals surface area (Å²) in [6.07, 6.45) is 3.49. The number of hydrogen-bond donors (Lipinski definition) is 7. The number of fused-ring (bicyclic) bond motifs is 1. The van der Waals surface area contributed by atoms with Crippen LogP contribution in [0.4, 0.5) is 0 Å². The third-order valence-corrected chi connectivity index (χ3v) is 7.28. The second-order valence-electron chi connectivity index (χ2n) is 9.83. The monoisotopic (exact) mass is 596 g/mol. The molecule has 4 atom stereocenters. The molecule has 12 nitrogen and oxygen atoms in total. The van der Waals surface area contributed by atoms with Gasteiger partial charge in [0.1, 0.15) is 18.1 Å². The summed E-state index contributed by atoms with van der Waals surface area (Å²) in [7, 11) is 0. The Balaban J connectivity index is 1.89. The van der Waals surface area contributed by atoms with Crippen molar-refractivity contribution >= 4 is 52.3 Å². The van der Waals surface area contributed by atoms with Crippen molar-refractivity contribution in [1.29, 1.82) is 0 Å². The van der Waals surface area contributed by atoms with Crippen molar-refractivity contribution in [1.82, 2.24) is 20.9 Å². The first-order valence-corrected chi connectivity index (χ1v) is 14.7. The lowest BCUT2D eigenvalue weighted by molar-refractivity contribution is -0.143. The number of aliphatic carboxylic acids is 1. The summed E-state index contributed by atoms with van der Waals surface area (Å²) in [4.78, 5) is 66.2. The van der Waals surface area contributed by atoms with Crippen LogP contribution in [0.1, 0.15) is 24.0 Å². The van der Waals surface area contributed by atoms with Gasteiger partial charge >= 0.3 is 5.97 Å². The second kappa shape index (κ2) is 15.6. The maximum absolute atomic E-state index is 13.7. The highest BCUT2D eigenvalue weighted by atomic mass is 32.2. The number of H-pyrrole nitrogens is 1. The van der Waals surface area contributed by atoms with E-state index in [0.29, 0.717) is 17.7 Å². The van der Waals surface area contributed by atoms with E-state index in [1.807, 2.05) is 36.6 Å². The van der Waals surface area contributed by atoms with Gasteiger partial charge in [-0.05, 0) is 35.6 Å². The fourth-order valence-electron chi connectivity index (χ4n) is 4.39. The number of carbonyl (C=O) groups is 5. The van der Waals surface area contributed by atoms with Gasteiger partial charge in [0.25, 0.3) is 0 Å². The van der Waals surface area contributed by atoms with Gasteiger partial charge in [-0.1, -0.05) is 48.5 Å². The van der Waals surface area contributed by atoms with E-state index in [-0.39, 0.29) is 12.8 Å². The predicted octanol–water partition coefficient (Wildman–Crippen LogP) is 0.448. The number of aromatic nitrogens is 1. The van der Waals surface area contributed by atoms with E-state index in [9.17, 15) is 29.1 Å². The summed E-state index contributed by atoms with van der Waals surface area (Å²) in [5.74, 6) is -3.70. The molecule has 2 aromatic carbocycles. The molecule has 0 fully saturated rings. The number of benzene rings is 2. The van der Waals surface area contributed by atoms with Crippen molar-refractivity contribution in [2.45, 2.75) is 49.9 Å². The predicted molar refractivity (Wildman–Crippen MR) is 160 cm³/mol. The molecule has 4 unspecified atom stereocenters. The van der Waals surface area contributed by atoms with Gasteiger partial charge in [0.2, 0.25) is 23.6 Å². The molecule has 0 aliphatic rings. The zero-order valence-electron chi connectivity index (χ0n) is 23.2. The Bertz CT molecular complexity index is 1400. The van der Waals surface area contributed by atoms with Crippen LogP contribution in [-0.4, -0.2) is 75.9 Å². The first-order valence-electron chi connectivity index (χ1n) is 13.3. The fraction of sp³-hybridized carbons (Fsp3) is 0.345. The molecule has 1 aromatic heterocycles. The molecule has 224 valence electrons. The van der Waals surface area contributed by atoms with Crippen molar-refractivity contribution in [2.24, 2.45) is 11.5 Å². The molecule has 3 aromatic rings. The molecule has 1 heterocycles. The Morgan fingerprint density at radius 2 is 1.45 bits per heavy atom. The summed E-state index contributed by atoms with van der Waals surface area (Å²) in [5.41, 5.74) is 13.5. The van der Waals surface area contributed by atoms with Crippen molar-refractivity contribution in [3.63, 3.8) is 0 Å². The molecule has 0 aliphatic carbocycles. The summed E-state index contributed by atoms with van der Waals surface area (Å²) in [5, 5.41) is 18.0. The molecule has 13 heteroatoms. The van der Waals surface area contributed by atoms with Gasteiger partial charge in [-0.2, -0.15) is 11.8 Å². The van der Waals surface area contributed by atoms with E-state index >= 15 is 0 Å². The molecule has 0 radical (unpaired) electrons. The molecule has 0 aliphatic heterocycles. The summed E-state index contributed by atoms with van der Waals surface area (Å²) < 4.78 is 0. The first kappa shape index (κ1) is 32.2. The SMILES string of the molecule is CSCCC(N)C(=O)NC(Cc1ccccc1)C(=O)NC(Cc1c[nH]c2ccccc12)C(=O)NC(CC(N)=O)C(=O)O. The normalized spacial score (nSPS) is 13.9. The highest BCUT2D eigenvalue weighted by Crippen LogP contribution is 2.19. The van der Waals surface area contributed by atoms with Gasteiger partial charge in [-0.3, -0.25) is 19.2 Å². The Kier molecular flexibility index (Phi) is 11.9. The Hall–Kier alpha value is -4.36. The maximum atomic E-state index is 13.7. The summed E-state index contributed by atoms with van der Waals surface area (Å²) >= 11 is 1.54. The van der Waals surface area contributed by atoms with Crippen LogP contribution in [0.25, 0.3) is 10.9 Å². The maximum Gasteiger partial charge on any atom is 0.326 e. The number of hydrogen-bond acceptors (Lipinski definition) is 7. The average molecular weight is 597 g/mol. The number of carboxylic acids is 1. The second-order valence-corrected chi connectivity index (χ2v) is 10.8. The van der Waals surface area contributed by atoms with Crippen LogP contribution in [0.2, 0.25) is 0 Å². The van der Waals surface area contributed by atoms with Crippen LogP contribution in [0.5, 0.6) is 0 Å². The molecule has 0 saturated carbocycles. The number of para-hydroxylation sites is 1. The third kappa shape index (κ3) is 9.35. The highest BCUT2D eigenvalue weighted by molar-refractivity contribution is 7.98. The molecular weight excluding hydrogens is 560 g/mol. The van der Waals surface area contributed by atoms with Crippen LogP contribution in [-0.2, 0) is 36.8 Å². The fourth-order valence-corrected chi connectivity index (χ4v) is 4.88. The minimum absolute atomic E-state index is 0.0102. The Morgan fingerprint density at radius 3 is 2.10 bits per heavy atom. The minimum atomic E-state index is -1.59. The molecule has 3 rings (SSSR count). The number of rotatable bonds is 16. The molecule has 9 N–H and O–H groups in total. The number of primary amides is 1. The minimum Gasteiger partial charge on any atom is -0.480 e. The van der Waals surface area contributed by atoms with Crippen LogP contribution >= 0.6 is 11.8 Å². The molecular formula is C29H36N6O6S. The lowest BCUT2D eigenvalue weighted by atomic mass is 10.0. The van der Waals surface area contributed by atoms with Gasteiger partial charge in [0, 0.05) is 29.9 Å². The first-order chi connectivity index (χ1) is 20.1. The van der Waals surface area contributed by atoms with Crippen molar-refractivity contribution < 1.29 is 29.1 Å². The number of aromatic amines is 1. The van der Waals surface area contributed by atoms with Crippen LogP contribution < -0.4 is 27.4 Å². The molecule has 0 bridgehead atoms. The van der Waals surface area contributed by atoms with Gasteiger partial charge < -0.3 is 37.5 Å². The van der Waals surface area contributed by atoms with Crippen molar-refractivity contribution in [3.8, 4) is 0 Å². The van der Waals surface area contributed by atoms with Crippen LogP contribution in [0.15, 0.2) is 60.8 Å². The Labute approximate surface area is 247 Å². The smallest absolute Gasteiger partial charge is 0.326 e. The topological polar surface area (TPSA) is 209 Å². The number of nitrogens with two attached hydrogens (primary N) is 2. The quantitative estimate of drug-likeness (QED) is 0.123. The van der Waals surface area contributed by atoms with E-state index in [1.54, 1.807) is 42.2 Å². The van der Waals surface area contributed by atoms with Gasteiger partial charge in [0.15, 0.2) is 0 Å². The zero-order valence-corrected chi connectivity index (χ0v) is 24.0. The van der Waals surface area contributed by atoms with E-state index < -0.39 is 60.2 Å². The highest BCUT2D eigenvalue weighted by Gasteiger charge is 2.31. The molecule has 0 spiro atoms. The zero-order chi connectivity index (χ0) is 30.6. The van der Waals surface area contributed by atoms with E-state index in [4.69, 9.17) is 11.5 Å². The molecule has 4 amide bonds. The number of thioether (sulfide) groups is 1. The number of amides is 4. The number of nitrogens with one attached hydrogen (secondary N) is 4. The molecule has 42 heavy (non-hydrogen) atoms. The molecule has 0 saturated heterocycles. The van der Waals surface area contributed by atoms with Gasteiger partial charge in [-0.25, -0.2) is 4.79 Å². The van der Waals surface area contributed by atoms with Crippen molar-refractivity contribution in [3.05, 3.63) is 71.9 Å². The van der Waals surface area contributed by atoms with E-state index in [2.05, 4.69) is 20.9 Å². The van der Waals surface area contributed by atoms with E-state index in [0.717, 1.165) is 16.5 Å². The standard InChI is InChI=1S/C29H36N6O6S/c1-42-12-11-20(30)26(37)33-22(13-17-7-3-2-4-8-17)27(38)34-23(28(39)35-24(29(40)41)15-25(31)36)14-18-16-32-21-10-6-5-9-19(18)21/h2-10,16,20,22-24,32H,11-15,30H2,1H3,(H2,31,36)(H,33,37)(H,34,38)(H,35,39)(H,40,41). The average Bonchev–Trinajstić information content (AvgIpc) is 3.37. The van der Waals surface area contributed by atoms with Crippen LogP contribution in [0.3, 0.4) is 0 Å². The lowest BCUT2D eigenvalue weighted by Gasteiger charge is -2.25. The van der Waals surface area contributed by atoms with Gasteiger partial charge in [-0.15, -0.1) is 0 Å². The third-order valence-electron chi connectivity index (χ3n) is 6.64.